The number of amides is 2. The maximum Gasteiger partial charge on any atom is 0.254 e. The van der Waals surface area contributed by atoms with Gasteiger partial charge in [-0.15, -0.1) is 0 Å². The first-order valence-corrected chi connectivity index (χ1v) is 10.3. The van der Waals surface area contributed by atoms with E-state index >= 15 is 0 Å². The van der Waals surface area contributed by atoms with Crippen LogP contribution in [0.5, 0.6) is 0 Å². The van der Waals surface area contributed by atoms with Gasteiger partial charge in [-0.2, -0.15) is 0 Å². The molecule has 0 fully saturated rings. The SMILES string of the molecule is CN(CC(=O)Nc1c(Cl)cccc1Cl)C(=O)c1ccccc1CCc1ccccc1. The first-order chi connectivity index (χ1) is 14.5. The maximum atomic E-state index is 13.0. The Morgan fingerprint density at radius 3 is 2.17 bits per heavy atom. The molecule has 3 rings (SSSR count). The van der Waals surface area contributed by atoms with E-state index in [0.29, 0.717) is 21.3 Å². The maximum absolute atomic E-state index is 13.0. The standard InChI is InChI=1S/C24H22Cl2N2O2/c1-28(16-22(29)27-23-20(25)12-7-13-21(23)26)24(30)19-11-6-5-10-18(19)15-14-17-8-3-2-4-9-17/h2-13H,14-16H2,1H3,(H,27,29). The molecule has 0 radical (unpaired) electrons. The Morgan fingerprint density at radius 1 is 0.833 bits per heavy atom. The van der Waals surface area contributed by atoms with Crippen LogP contribution in [0.4, 0.5) is 5.69 Å². The molecule has 0 saturated heterocycles. The van der Waals surface area contributed by atoms with Gasteiger partial charge in [0.15, 0.2) is 0 Å². The van der Waals surface area contributed by atoms with Gasteiger partial charge in [-0.1, -0.05) is 77.8 Å². The summed E-state index contributed by atoms with van der Waals surface area (Å²) in [6.45, 7) is -0.118. The first-order valence-electron chi connectivity index (χ1n) is 9.57. The zero-order chi connectivity index (χ0) is 21.5. The molecule has 0 aliphatic carbocycles. The number of carbonyl (C=O) groups excluding carboxylic acids is 2. The van der Waals surface area contributed by atoms with Gasteiger partial charge in [0.25, 0.3) is 5.91 Å². The molecule has 0 spiro atoms. The molecule has 0 heterocycles. The zero-order valence-corrected chi connectivity index (χ0v) is 18.1. The number of rotatable bonds is 7. The van der Waals surface area contributed by atoms with E-state index in [9.17, 15) is 9.59 Å². The summed E-state index contributed by atoms with van der Waals surface area (Å²) in [6, 6.07) is 22.6. The first kappa shape index (κ1) is 21.9. The van der Waals surface area contributed by atoms with E-state index in [4.69, 9.17) is 23.2 Å². The highest BCUT2D eigenvalue weighted by Crippen LogP contribution is 2.29. The van der Waals surface area contributed by atoms with Gasteiger partial charge < -0.3 is 10.2 Å². The molecule has 1 N–H and O–H groups in total. The fourth-order valence-corrected chi connectivity index (χ4v) is 3.65. The molecule has 0 aromatic heterocycles. The van der Waals surface area contributed by atoms with Crippen LogP contribution in [0.2, 0.25) is 10.0 Å². The third kappa shape index (κ3) is 5.62. The minimum absolute atomic E-state index is 0.118. The van der Waals surface area contributed by atoms with E-state index in [1.807, 2.05) is 36.4 Å². The normalized spacial score (nSPS) is 10.5. The number of halogens is 2. The number of likely N-dealkylation sites (N-methyl/N-ethyl adjacent to an activating group) is 1. The average Bonchev–Trinajstić information content (AvgIpc) is 2.75. The predicted octanol–water partition coefficient (Wildman–Crippen LogP) is 5.49. The lowest BCUT2D eigenvalue weighted by molar-refractivity contribution is -0.116. The number of aryl methyl sites for hydroxylation is 2. The summed E-state index contributed by atoms with van der Waals surface area (Å²) in [4.78, 5) is 26.8. The highest BCUT2D eigenvalue weighted by atomic mass is 35.5. The summed E-state index contributed by atoms with van der Waals surface area (Å²) in [7, 11) is 1.60. The Balaban J connectivity index is 1.66. The summed E-state index contributed by atoms with van der Waals surface area (Å²) in [6.07, 6.45) is 1.57. The fraction of sp³-hybridized carbons (Fsp3) is 0.167. The van der Waals surface area contributed by atoms with Gasteiger partial charge in [-0.3, -0.25) is 9.59 Å². The van der Waals surface area contributed by atoms with Crippen molar-refractivity contribution in [1.82, 2.24) is 4.90 Å². The second kappa shape index (κ2) is 10.3. The highest BCUT2D eigenvalue weighted by molar-refractivity contribution is 6.39. The Morgan fingerprint density at radius 2 is 1.47 bits per heavy atom. The summed E-state index contributed by atoms with van der Waals surface area (Å²) in [5.41, 5.74) is 3.10. The van der Waals surface area contributed by atoms with Crippen LogP contribution >= 0.6 is 23.2 Å². The molecule has 0 aliphatic heterocycles. The predicted molar refractivity (Wildman–Crippen MR) is 122 cm³/mol. The van der Waals surface area contributed by atoms with Crippen LogP contribution < -0.4 is 5.32 Å². The second-order valence-electron chi connectivity index (χ2n) is 6.95. The van der Waals surface area contributed by atoms with Gasteiger partial charge in [0.2, 0.25) is 5.91 Å². The third-order valence-corrected chi connectivity index (χ3v) is 5.36. The smallest absolute Gasteiger partial charge is 0.254 e. The van der Waals surface area contributed by atoms with Crippen molar-refractivity contribution >= 4 is 40.7 Å². The highest BCUT2D eigenvalue weighted by Gasteiger charge is 2.19. The van der Waals surface area contributed by atoms with Crippen LogP contribution in [0.3, 0.4) is 0 Å². The van der Waals surface area contributed by atoms with Crippen molar-refractivity contribution in [2.45, 2.75) is 12.8 Å². The molecule has 0 unspecified atom stereocenters. The van der Waals surface area contributed by atoms with E-state index in [1.54, 1.807) is 31.3 Å². The van der Waals surface area contributed by atoms with Crippen LogP contribution in [0.1, 0.15) is 21.5 Å². The molecule has 3 aromatic rings. The van der Waals surface area contributed by atoms with Crippen molar-refractivity contribution in [2.24, 2.45) is 0 Å². The van der Waals surface area contributed by atoms with Crippen LogP contribution in [0, 0.1) is 0 Å². The lowest BCUT2D eigenvalue weighted by Crippen LogP contribution is -2.35. The molecule has 0 aliphatic rings. The molecule has 3 aromatic carbocycles. The van der Waals surface area contributed by atoms with Crippen molar-refractivity contribution < 1.29 is 9.59 Å². The van der Waals surface area contributed by atoms with E-state index in [2.05, 4.69) is 17.4 Å². The quantitative estimate of drug-likeness (QED) is 0.527. The molecular formula is C24H22Cl2N2O2. The number of benzene rings is 3. The Labute approximate surface area is 186 Å². The lowest BCUT2D eigenvalue weighted by atomic mass is 9.99. The van der Waals surface area contributed by atoms with Crippen LogP contribution in [-0.4, -0.2) is 30.3 Å². The Hall–Kier alpha value is -2.82. The van der Waals surface area contributed by atoms with Gasteiger partial charge >= 0.3 is 0 Å². The van der Waals surface area contributed by atoms with E-state index in [1.165, 1.54) is 10.5 Å². The second-order valence-corrected chi connectivity index (χ2v) is 7.76. The topological polar surface area (TPSA) is 49.4 Å². The number of hydrogen-bond donors (Lipinski definition) is 1. The van der Waals surface area contributed by atoms with Crippen molar-refractivity contribution in [3.8, 4) is 0 Å². The molecule has 30 heavy (non-hydrogen) atoms. The minimum Gasteiger partial charge on any atom is -0.332 e. The zero-order valence-electron chi connectivity index (χ0n) is 16.6. The number of hydrogen-bond acceptors (Lipinski definition) is 2. The third-order valence-electron chi connectivity index (χ3n) is 4.73. The monoisotopic (exact) mass is 440 g/mol. The number of anilines is 1. The number of nitrogens with one attached hydrogen (secondary N) is 1. The van der Waals surface area contributed by atoms with Crippen LogP contribution in [-0.2, 0) is 17.6 Å². The summed E-state index contributed by atoms with van der Waals surface area (Å²) in [5.74, 6) is -0.582. The Bertz CT molecular complexity index is 1020. The molecule has 0 atom stereocenters. The largest absolute Gasteiger partial charge is 0.332 e. The van der Waals surface area contributed by atoms with Gasteiger partial charge in [-0.25, -0.2) is 0 Å². The molecule has 0 saturated carbocycles. The Kier molecular flexibility index (Phi) is 7.50. The average molecular weight is 441 g/mol. The van der Waals surface area contributed by atoms with Gasteiger partial charge in [0.05, 0.1) is 22.3 Å². The molecule has 2 amide bonds. The van der Waals surface area contributed by atoms with Crippen molar-refractivity contribution in [2.75, 3.05) is 18.9 Å². The minimum atomic E-state index is -0.373. The van der Waals surface area contributed by atoms with Crippen molar-refractivity contribution in [3.05, 3.63) is 99.5 Å². The molecule has 6 heteroatoms. The summed E-state index contributed by atoms with van der Waals surface area (Å²) < 4.78 is 0. The lowest BCUT2D eigenvalue weighted by Gasteiger charge is -2.19. The van der Waals surface area contributed by atoms with E-state index < -0.39 is 0 Å². The molecule has 4 nitrogen and oxygen atoms in total. The number of carbonyl (C=O) groups is 2. The number of nitrogens with zero attached hydrogens (tertiary/aromatic N) is 1. The van der Waals surface area contributed by atoms with Crippen LogP contribution in [0.25, 0.3) is 0 Å². The molecule has 154 valence electrons. The van der Waals surface area contributed by atoms with Gasteiger partial charge in [0, 0.05) is 12.6 Å². The fourth-order valence-electron chi connectivity index (χ4n) is 3.16. The van der Waals surface area contributed by atoms with E-state index in [-0.39, 0.29) is 18.4 Å². The summed E-state index contributed by atoms with van der Waals surface area (Å²) in [5, 5.41) is 3.37. The number of para-hydroxylation sites is 1. The van der Waals surface area contributed by atoms with E-state index in [0.717, 1.165) is 18.4 Å². The molecular weight excluding hydrogens is 419 g/mol. The van der Waals surface area contributed by atoms with Crippen molar-refractivity contribution in [1.29, 1.82) is 0 Å². The van der Waals surface area contributed by atoms with Crippen molar-refractivity contribution in [3.63, 3.8) is 0 Å². The summed E-state index contributed by atoms with van der Waals surface area (Å²) >= 11 is 12.2. The van der Waals surface area contributed by atoms with Crippen LogP contribution in [0.15, 0.2) is 72.8 Å². The van der Waals surface area contributed by atoms with Gasteiger partial charge in [0.1, 0.15) is 0 Å². The van der Waals surface area contributed by atoms with Gasteiger partial charge in [-0.05, 0) is 42.2 Å². The molecule has 0 bridgehead atoms.